The van der Waals surface area contributed by atoms with E-state index in [1.807, 2.05) is 0 Å². The van der Waals surface area contributed by atoms with E-state index in [0.717, 1.165) is 0 Å². The van der Waals surface area contributed by atoms with Crippen LogP contribution in [0.2, 0.25) is 0 Å². The van der Waals surface area contributed by atoms with Crippen LogP contribution in [0.5, 0.6) is 0 Å². The van der Waals surface area contributed by atoms with Gasteiger partial charge in [0.25, 0.3) is 0 Å². The molecule has 0 aromatic carbocycles. The quantitative estimate of drug-likeness (QED) is 0.386. The molecule has 13 heavy (non-hydrogen) atoms. The Kier molecular flexibility index (Phi) is 3.60. The van der Waals surface area contributed by atoms with Crippen LogP contribution in [-0.4, -0.2) is 64.8 Å². The molecule has 6 nitrogen and oxygen atoms in total. The van der Waals surface area contributed by atoms with Gasteiger partial charge in [-0.15, -0.1) is 0 Å². The molecular formula is C7H14O6. The zero-order valence-corrected chi connectivity index (χ0v) is 7.20. The van der Waals surface area contributed by atoms with Crippen molar-refractivity contribution in [2.75, 3.05) is 13.7 Å². The number of methoxy groups -OCH3 is 1. The summed E-state index contributed by atoms with van der Waals surface area (Å²) in [6, 6.07) is 0. The second kappa shape index (κ2) is 4.32. The number of hydrogen-bond donors (Lipinski definition) is 4. The van der Waals surface area contributed by atoms with Gasteiger partial charge in [0.1, 0.15) is 24.4 Å². The maximum Gasteiger partial charge on any atom is 0.184 e. The first-order valence-electron chi connectivity index (χ1n) is 3.94. The van der Waals surface area contributed by atoms with Gasteiger partial charge in [-0.1, -0.05) is 0 Å². The van der Waals surface area contributed by atoms with Gasteiger partial charge >= 0.3 is 0 Å². The highest BCUT2D eigenvalue weighted by Crippen LogP contribution is 2.19. The van der Waals surface area contributed by atoms with Crippen molar-refractivity contribution in [2.45, 2.75) is 30.7 Å². The second-order valence-electron chi connectivity index (χ2n) is 2.99. The molecule has 0 spiro atoms. The highest BCUT2D eigenvalue weighted by atomic mass is 16.6. The van der Waals surface area contributed by atoms with E-state index in [1.54, 1.807) is 0 Å². The highest BCUT2D eigenvalue weighted by Gasteiger charge is 2.42. The average molecular weight is 194 g/mol. The molecule has 6 heteroatoms. The first kappa shape index (κ1) is 10.8. The lowest BCUT2D eigenvalue weighted by Gasteiger charge is -2.37. The van der Waals surface area contributed by atoms with Crippen LogP contribution in [0.1, 0.15) is 0 Å². The molecule has 1 rings (SSSR count). The molecule has 4 N–H and O–H groups in total. The minimum absolute atomic E-state index is 0.0437. The van der Waals surface area contributed by atoms with Gasteiger partial charge in [0.15, 0.2) is 6.29 Å². The zero-order valence-electron chi connectivity index (χ0n) is 7.20. The number of ether oxygens (including phenoxy) is 2. The predicted octanol–water partition coefficient (Wildman–Crippen LogP) is -2.57. The largest absolute Gasteiger partial charge is 0.387 e. The van der Waals surface area contributed by atoms with Gasteiger partial charge in [0.05, 0.1) is 6.61 Å². The Morgan fingerprint density at radius 1 is 1.08 bits per heavy atom. The van der Waals surface area contributed by atoms with Gasteiger partial charge in [-0.2, -0.15) is 0 Å². The third-order valence-corrected chi connectivity index (χ3v) is 2.02. The zero-order chi connectivity index (χ0) is 10.0. The van der Waals surface area contributed by atoms with Crippen molar-refractivity contribution in [3.05, 3.63) is 0 Å². The molecule has 0 radical (unpaired) electrons. The minimum atomic E-state index is -1.49. The standard InChI is InChI=1S/C7H14O6/c1-12-2-3-4(8)5(9)6(10)7(11)13-3/h3-11H,2H2,1H3/t3-,4+,5+,6-,7+/m0/s1. The monoisotopic (exact) mass is 194 g/mol. The molecule has 1 saturated heterocycles. The number of rotatable bonds is 2. The smallest absolute Gasteiger partial charge is 0.184 e. The third-order valence-electron chi connectivity index (χ3n) is 2.02. The summed E-state index contributed by atoms with van der Waals surface area (Å²) in [6.07, 6.45) is -6.46. The van der Waals surface area contributed by atoms with Crippen LogP contribution in [0.15, 0.2) is 0 Å². The summed E-state index contributed by atoms with van der Waals surface area (Å²) < 4.78 is 9.49. The summed E-state index contributed by atoms with van der Waals surface area (Å²) in [4.78, 5) is 0. The van der Waals surface area contributed by atoms with E-state index < -0.39 is 30.7 Å². The Bertz CT molecular complexity index is 163. The first-order chi connectivity index (χ1) is 6.07. The average Bonchev–Trinajstić information content (AvgIpc) is 2.11. The van der Waals surface area contributed by atoms with Crippen LogP contribution in [0, 0.1) is 0 Å². The lowest BCUT2D eigenvalue weighted by atomic mass is 9.99. The minimum Gasteiger partial charge on any atom is -0.387 e. The predicted molar refractivity (Wildman–Crippen MR) is 40.8 cm³/mol. The Morgan fingerprint density at radius 2 is 1.69 bits per heavy atom. The molecule has 0 saturated carbocycles. The number of hydrogen-bond acceptors (Lipinski definition) is 6. The normalized spacial score (nSPS) is 46.4. The van der Waals surface area contributed by atoms with Crippen molar-refractivity contribution in [1.29, 1.82) is 0 Å². The summed E-state index contributed by atoms with van der Waals surface area (Å²) in [7, 11) is 1.40. The van der Waals surface area contributed by atoms with E-state index in [0.29, 0.717) is 0 Å². The van der Waals surface area contributed by atoms with E-state index in [2.05, 4.69) is 0 Å². The third kappa shape index (κ3) is 2.16. The first-order valence-corrected chi connectivity index (χ1v) is 3.94. The molecular weight excluding hydrogens is 180 g/mol. The van der Waals surface area contributed by atoms with Crippen LogP contribution in [-0.2, 0) is 9.47 Å². The fraction of sp³-hybridized carbons (Fsp3) is 1.00. The van der Waals surface area contributed by atoms with E-state index in [4.69, 9.17) is 19.7 Å². The van der Waals surface area contributed by atoms with Crippen molar-refractivity contribution in [3.63, 3.8) is 0 Å². The summed E-state index contributed by atoms with van der Waals surface area (Å²) in [6.45, 7) is 0.0437. The maximum absolute atomic E-state index is 9.33. The van der Waals surface area contributed by atoms with E-state index >= 15 is 0 Å². The van der Waals surface area contributed by atoms with Crippen LogP contribution < -0.4 is 0 Å². The molecule has 1 heterocycles. The summed E-state index contributed by atoms with van der Waals surface area (Å²) >= 11 is 0. The molecule has 1 aliphatic heterocycles. The van der Waals surface area contributed by atoms with Gasteiger partial charge in [0.2, 0.25) is 0 Å². The summed E-state index contributed by atoms with van der Waals surface area (Å²) in [5.74, 6) is 0. The Balaban J connectivity index is 2.59. The van der Waals surface area contributed by atoms with Gasteiger partial charge in [-0.25, -0.2) is 0 Å². The summed E-state index contributed by atoms with van der Waals surface area (Å²) in [5, 5.41) is 36.7. The topological polar surface area (TPSA) is 99.4 Å². The van der Waals surface area contributed by atoms with Crippen molar-refractivity contribution in [1.82, 2.24) is 0 Å². The van der Waals surface area contributed by atoms with Crippen LogP contribution in [0.4, 0.5) is 0 Å². The fourth-order valence-electron chi connectivity index (χ4n) is 1.23. The van der Waals surface area contributed by atoms with Crippen molar-refractivity contribution in [2.24, 2.45) is 0 Å². The Labute approximate surface area is 75.3 Å². The van der Waals surface area contributed by atoms with Crippen molar-refractivity contribution in [3.8, 4) is 0 Å². The molecule has 0 unspecified atom stereocenters. The van der Waals surface area contributed by atoms with E-state index in [-0.39, 0.29) is 6.61 Å². The molecule has 0 aromatic heterocycles. The fourth-order valence-corrected chi connectivity index (χ4v) is 1.23. The van der Waals surface area contributed by atoms with Gasteiger partial charge in [-0.05, 0) is 0 Å². The van der Waals surface area contributed by atoms with E-state index in [9.17, 15) is 10.2 Å². The number of aliphatic hydroxyl groups is 4. The van der Waals surface area contributed by atoms with E-state index in [1.165, 1.54) is 7.11 Å². The van der Waals surface area contributed by atoms with Crippen LogP contribution in [0.3, 0.4) is 0 Å². The van der Waals surface area contributed by atoms with Gasteiger partial charge in [-0.3, -0.25) is 0 Å². The second-order valence-corrected chi connectivity index (χ2v) is 2.99. The van der Waals surface area contributed by atoms with Crippen molar-refractivity contribution >= 4 is 0 Å². The molecule has 0 bridgehead atoms. The Morgan fingerprint density at radius 3 is 2.23 bits per heavy atom. The van der Waals surface area contributed by atoms with Crippen molar-refractivity contribution < 1.29 is 29.9 Å². The number of aliphatic hydroxyl groups excluding tert-OH is 4. The summed E-state index contributed by atoms with van der Waals surface area (Å²) in [5.41, 5.74) is 0. The maximum atomic E-state index is 9.33. The van der Waals surface area contributed by atoms with Gasteiger partial charge in [0, 0.05) is 7.11 Å². The van der Waals surface area contributed by atoms with Crippen LogP contribution in [0.25, 0.3) is 0 Å². The molecule has 0 aromatic rings. The molecule has 78 valence electrons. The SMILES string of the molecule is COC[C@@H]1O[C@@H](O)[C@@H](O)[C@H](O)[C@@H]1O. The molecule has 1 aliphatic rings. The van der Waals surface area contributed by atoms with Crippen LogP contribution >= 0.6 is 0 Å². The molecule has 1 fully saturated rings. The molecule has 0 aliphatic carbocycles. The highest BCUT2D eigenvalue weighted by molar-refractivity contribution is 4.88. The molecule has 5 atom stereocenters. The van der Waals surface area contributed by atoms with Gasteiger partial charge < -0.3 is 29.9 Å². The lowest BCUT2D eigenvalue weighted by Crippen LogP contribution is -2.58. The lowest BCUT2D eigenvalue weighted by molar-refractivity contribution is -0.287. The Hall–Kier alpha value is -0.240. The molecule has 0 amide bonds.